The maximum Gasteiger partial charge on any atom is 0.232 e. The maximum atomic E-state index is 12.7. The molecule has 0 saturated carbocycles. The van der Waals surface area contributed by atoms with Crippen molar-refractivity contribution in [2.24, 2.45) is 0 Å². The lowest BCUT2D eigenvalue weighted by molar-refractivity contribution is -0.117. The molecule has 7 heteroatoms. The fraction of sp³-hybridized carbons (Fsp3) is 0.250. The summed E-state index contributed by atoms with van der Waals surface area (Å²) in [7, 11) is 0. The normalized spacial score (nSPS) is 16.3. The van der Waals surface area contributed by atoms with Crippen molar-refractivity contribution in [1.29, 1.82) is 0 Å². The largest absolute Gasteiger partial charge is 0.339 e. The van der Waals surface area contributed by atoms with E-state index in [0.29, 0.717) is 24.7 Å². The molecule has 1 amide bonds. The number of hydrogen-bond donors (Lipinski definition) is 0. The first-order chi connectivity index (χ1) is 15.0. The molecule has 1 aliphatic rings. The third-order valence-corrected chi connectivity index (χ3v) is 6.53. The molecule has 1 fully saturated rings. The summed E-state index contributed by atoms with van der Waals surface area (Å²) in [5.41, 5.74) is 6.13. The van der Waals surface area contributed by atoms with Crippen molar-refractivity contribution in [3.05, 3.63) is 69.9 Å². The maximum absolute atomic E-state index is 12.7. The smallest absolute Gasteiger partial charge is 0.232 e. The van der Waals surface area contributed by atoms with Gasteiger partial charge in [-0.1, -0.05) is 29.4 Å². The highest BCUT2D eigenvalue weighted by Crippen LogP contribution is 2.33. The Morgan fingerprint density at radius 1 is 1.03 bits per heavy atom. The fourth-order valence-electron chi connectivity index (χ4n) is 3.85. The average Bonchev–Trinajstić information content (AvgIpc) is 3.50. The van der Waals surface area contributed by atoms with Crippen LogP contribution in [0.25, 0.3) is 22.6 Å². The number of rotatable bonds is 4. The van der Waals surface area contributed by atoms with Crippen molar-refractivity contribution < 1.29 is 9.32 Å². The van der Waals surface area contributed by atoms with Gasteiger partial charge in [0.2, 0.25) is 17.6 Å². The molecule has 31 heavy (non-hydrogen) atoms. The van der Waals surface area contributed by atoms with Crippen LogP contribution in [0.15, 0.2) is 52.4 Å². The van der Waals surface area contributed by atoms with E-state index in [2.05, 4.69) is 35.0 Å². The monoisotopic (exact) mass is 430 g/mol. The zero-order valence-electron chi connectivity index (χ0n) is 17.6. The van der Waals surface area contributed by atoms with Crippen LogP contribution in [0.2, 0.25) is 0 Å². The number of hydrogen-bond acceptors (Lipinski definition) is 6. The predicted molar refractivity (Wildman–Crippen MR) is 121 cm³/mol. The second-order valence-corrected chi connectivity index (χ2v) is 9.02. The number of nitrogens with zero attached hydrogens (tertiary/aromatic N) is 4. The van der Waals surface area contributed by atoms with Gasteiger partial charge in [0.15, 0.2) is 0 Å². The van der Waals surface area contributed by atoms with Crippen LogP contribution < -0.4 is 4.90 Å². The molecule has 2 aromatic heterocycles. The van der Waals surface area contributed by atoms with Gasteiger partial charge < -0.3 is 9.42 Å². The lowest BCUT2D eigenvalue weighted by atomic mass is 10.1. The standard InChI is InChI=1S/C24H22N4O2S/c1-14-7-8-20(9-15(14)2)28-12-19(11-22(28)29)24-26-23(27-30-24)18-6-4-5-17(10-18)21-13-31-16(3)25-21/h4-10,13,19H,11-12H2,1-3H3. The van der Waals surface area contributed by atoms with Crippen LogP contribution in [0.1, 0.15) is 34.4 Å². The molecule has 156 valence electrons. The van der Waals surface area contributed by atoms with Gasteiger partial charge in [-0.05, 0) is 50.1 Å². The van der Waals surface area contributed by atoms with Crippen LogP contribution in [-0.4, -0.2) is 27.6 Å². The summed E-state index contributed by atoms with van der Waals surface area (Å²) in [4.78, 5) is 23.7. The first-order valence-corrected chi connectivity index (χ1v) is 11.1. The van der Waals surface area contributed by atoms with Gasteiger partial charge in [-0.15, -0.1) is 11.3 Å². The highest BCUT2D eigenvalue weighted by atomic mass is 32.1. The molecule has 3 heterocycles. The van der Waals surface area contributed by atoms with E-state index in [9.17, 15) is 4.79 Å². The third-order valence-electron chi connectivity index (χ3n) is 5.75. The molecule has 1 atom stereocenters. The van der Waals surface area contributed by atoms with Gasteiger partial charge in [-0.25, -0.2) is 4.98 Å². The van der Waals surface area contributed by atoms with Crippen LogP contribution in [0.4, 0.5) is 5.69 Å². The minimum atomic E-state index is -0.111. The van der Waals surface area contributed by atoms with Crippen LogP contribution >= 0.6 is 11.3 Å². The van der Waals surface area contributed by atoms with Crippen LogP contribution in [0.5, 0.6) is 0 Å². The lowest BCUT2D eigenvalue weighted by Crippen LogP contribution is -2.24. The zero-order chi connectivity index (χ0) is 21.5. The molecule has 0 radical (unpaired) electrons. The molecule has 4 aromatic rings. The van der Waals surface area contributed by atoms with E-state index in [1.165, 1.54) is 11.1 Å². The quantitative estimate of drug-likeness (QED) is 0.439. The Morgan fingerprint density at radius 3 is 2.65 bits per heavy atom. The number of amides is 1. The Hall–Kier alpha value is -3.32. The minimum absolute atomic E-state index is 0.0777. The SMILES string of the molecule is Cc1nc(-c2cccc(-c3noc(C4CC(=O)N(c5ccc(C)c(C)c5)C4)n3)c2)cs1. The molecular formula is C24H22N4O2S. The third kappa shape index (κ3) is 3.77. The lowest BCUT2D eigenvalue weighted by Gasteiger charge is -2.17. The summed E-state index contributed by atoms with van der Waals surface area (Å²) in [6.07, 6.45) is 0.368. The van der Waals surface area contributed by atoms with Crippen molar-refractivity contribution >= 4 is 22.9 Å². The van der Waals surface area contributed by atoms with Gasteiger partial charge in [0.1, 0.15) is 0 Å². The number of carbonyl (C=O) groups excluding carboxylic acids is 1. The van der Waals surface area contributed by atoms with E-state index in [0.717, 1.165) is 27.5 Å². The molecule has 0 N–H and O–H groups in total. The van der Waals surface area contributed by atoms with Crippen molar-refractivity contribution in [2.75, 3.05) is 11.4 Å². The van der Waals surface area contributed by atoms with Crippen LogP contribution in [0, 0.1) is 20.8 Å². The van der Waals surface area contributed by atoms with Gasteiger partial charge in [-0.2, -0.15) is 4.98 Å². The zero-order valence-corrected chi connectivity index (χ0v) is 18.4. The number of anilines is 1. The van der Waals surface area contributed by atoms with E-state index >= 15 is 0 Å². The van der Waals surface area contributed by atoms with Gasteiger partial charge in [0.05, 0.1) is 16.6 Å². The van der Waals surface area contributed by atoms with Crippen molar-refractivity contribution in [3.8, 4) is 22.6 Å². The molecule has 1 unspecified atom stereocenters. The summed E-state index contributed by atoms with van der Waals surface area (Å²) in [6, 6.07) is 14.1. The molecule has 0 aliphatic carbocycles. The second-order valence-electron chi connectivity index (χ2n) is 7.96. The average molecular weight is 431 g/mol. The van der Waals surface area contributed by atoms with E-state index in [4.69, 9.17) is 4.52 Å². The van der Waals surface area contributed by atoms with E-state index < -0.39 is 0 Å². The Balaban J connectivity index is 1.37. The van der Waals surface area contributed by atoms with Gasteiger partial charge in [0.25, 0.3) is 0 Å². The topological polar surface area (TPSA) is 72.1 Å². The summed E-state index contributed by atoms with van der Waals surface area (Å²) in [6.45, 7) is 6.66. The molecule has 1 saturated heterocycles. The Bertz CT molecular complexity index is 1280. The van der Waals surface area contributed by atoms with Crippen molar-refractivity contribution in [2.45, 2.75) is 33.1 Å². The van der Waals surface area contributed by atoms with Gasteiger partial charge >= 0.3 is 0 Å². The number of benzene rings is 2. The minimum Gasteiger partial charge on any atom is -0.339 e. The molecule has 0 bridgehead atoms. The second kappa shape index (κ2) is 7.74. The summed E-state index contributed by atoms with van der Waals surface area (Å²) >= 11 is 1.62. The van der Waals surface area contributed by atoms with Crippen molar-refractivity contribution in [3.63, 3.8) is 0 Å². The highest BCUT2D eigenvalue weighted by molar-refractivity contribution is 7.09. The summed E-state index contributed by atoms with van der Waals surface area (Å²) < 4.78 is 5.57. The summed E-state index contributed by atoms with van der Waals surface area (Å²) in [5, 5.41) is 7.26. The highest BCUT2D eigenvalue weighted by Gasteiger charge is 2.35. The Morgan fingerprint density at radius 2 is 1.87 bits per heavy atom. The number of thiazole rings is 1. The van der Waals surface area contributed by atoms with E-state index in [-0.39, 0.29) is 11.8 Å². The molecular weight excluding hydrogens is 408 g/mol. The number of aryl methyl sites for hydroxylation is 3. The Kier molecular flexibility index (Phi) is 4.90. The Labute approximate surface area is 184 Å². The molecule has 5 rings (SSSR count). The number of carbonyl (C=O) groups is 1. The van der Waals surface area contributed by atoms with Crippen LogP contribution in [-0.2, 0) is 4.79 Å². The van der Waals surface area contributed by atoms with E-state index in [1.54, 1.807) is 11.3 Å². The van der Waals surface area contributed by atoms with Crippen molar-refractivity contribution in [1.82, 2.24) is 15.1 Å². The molecule has 2 aromatic carbocycles. The van der Waals surface area contributed by atoms with E-state index in [1.807, 2.05) is 53.6 Å². The first kappa shape index (κ1) is 19.6. The van der Waals surface area contributed by atoms with Gasteiger partial charge in [-0.3, -0.25) is 4.79 Å². The van der Waals surface area contributed by atoms with Gasteiger partial charge in [0, 0.05) is 35.2 Å². The fourth-order valence-corrected chi connectivity index (χ4v) is 4.47. The number of aromatic nitrogens is 3. The molecule has 0 spiro atoms. The first-order valence-electron chi connectivity index (χ1n) is 10.2. The predicted octanol–water partition coefficient (Wildman–Crippen LogP) is 5.31. The van der Waals surface area contributed by atoms with Crippen LogP contribution in [0.3, 0.4) is 0 Å². The molecule has 6 nitrogen and oxygen atoms in total. The molecule has 1 aliphatic heterocycles. The summed E-state index contributed by atoms with van der Waals surface area (Å²) in [5.74, 6) is 0.999.